The van der Waals surface area contributed by atoms with Gasteiger partial charge in [-0.1, -0.05) is 0 Å². The standard InChI is InChI=1S/C20H28FN3O3/c1-14(2)22-19(26)24-10-8-20(13-24)7-4-9-23(18(20)25)12-15-11-16(27-3)5-6-17(15)21/h5-6,11,14H,4,7-10,12-13H2,1-3H3,(H,22,26)/t20-/m1/s1. The molecule has 0 aromatic heterocycles. The molecular weight excluding hydrogens is 349 g/mol. The van der Waals surface area contributed by atoms with E-state index in [1.807, 2.05) is 13.8 Å². The Bertz CT molecular complexity index is 724. The number of piperidine rings is 1. The van der Waals surface area contributed by atoms with Crippen molar-refractivity contribution in [3.63, 3.8) is 0 Å². The molecule has 1 spiro atoms. The molecule has 1 aromatic carbocycles. The van der Waals surface area contributed by atoms with E-state index in [9.17, 15) is 14.0 Å². The number of nitrogens with one attached hydrogen (secondary N) is 1. The number of urea groups is 1. The second-order valence-corrected chi connectivity index (χ2v) is 7.84. The highest BCUT2D eigenvalue weighted by Crippen LogP contribution is 2.40. The molecule has 148 valence electrons. The van der Waals surface area contributed by atoms with E-state index >= 15 is 0 Å². The summed E-state index contributed by atoms with van der Waals surface area (Å²) >= 11 is 0. The third-order valence-corrected chi connectivity index (χ3v) is 5.49. The van der Waals surface area contributed by atoms with Gasteiger partial charge >= 0.3 is 6.03 Å². The van der Waals surface area contributed by atoms with Gasteiger partial charge in [-0.25, -0.2) is 9.18 Å². The maximum atomic E-state index is 14.2. The monoisotopic (exact) mass is 377 g/mol. The highest BCUT2D eigenvalue weighted by molar-refractivity contribution is 5.86. The maximum absolute atomic E-state index is 14.2. The van der Waals surface area contributed by atoms with Crippen LogP contribution in [0.5, 0.6) is 5.75 Å². The average molecular weight is 377 g/mol. The van der Waals surface area contributed by atoms with Crippen molar-refractivity contribution in [1.29, 1.82) is 0 Å². The summed E-state index contributed by atoms with van der Waals surface area (Å²) < 4.78 is 19.4. The van der Waals surface area contributed by atoms with Crippen LogP contribution in [0.25, 0.3) is 0 Å². The largest absolute Gasteiger partial charge is 0.497 e. The van der Waals surface area contributed by atoms with Crippen molar-refractivity contribution in [2.75, 3.05) is 26.7 Å². The van der Waals surface area contributed by atoms with Crippen molar-refractivity contribution >= 4 is 11.9 Å². The number of amides is 3. The van der Waals surface area contributed by atoms with Crippen molar-refractivity contribution in [1.82, 2.24) is 15.1 Å². The van der Waals surface area contributed by atoms with Gasteiger partial charge in [-0.2, -0.15) is 0 Å². The van der Waals surface area contributed by atoms with E-state index in [-0.39, 0.29) is 30.3 Å². The molecule has 2 saturated heterocycles. The lowest BCUT2D eigenvalue weighted by atomic mass is 9.78. The number of nitrogens with zero attached hydrogens (tertiary/aromatic N) is 2. The van der Waals surface area contributed by atoms with Gasteiger partial charge in [-0.05, 0) is 51.3 Å². The molecule has 3 rings (SSSR count). The average Bonchev–Trinajstić information content (AvgIpc) is 3.05. The summed E-state index contributed by atoms with van der Waals surface area (Å²) in [7, 11) is 1.54. The molecule has 2 aliphatic rings. The second-order valence-electron chi connectivity index (χ2n) is 7.84. The summed E-state index contributed by atoms with van der Waals surface area (Å²) in [6.07, 6.45) is 2.29. The zero-order valence-electron chi connectivity index (χ0n) is 16.3. The zero-order chi connectivity index (χ0) is 19.6. The third-order valence-electron chi connectivity index (χ3n) is 5.49. The fraction of sp³-hybridized carbons (Fsp3) is 0.600. The van der Waals surface area contributed by atoms with E-state index in [4.69, 9.17) is 4.74 Å². The Hall–Kier alpha value is -2.31. The predicted octanol–water partition coefficient (Wildman–Crippen LogP) is 2.77. The molecule has 0 unspecified atom stereocenters. The Morgan fingerprint density at radius 2 is 2.11 bits per heavy atom. The number of halogens is 1. The van der Waals surface area contributed by atoms with Crippen molar-refractivity contribution < 1.29 is 18.7 Å². The molecule has 2 heterocycles. The number of hydrogen-bond acceptors (Lipinski definition) is 3. The van der Waals surface area contributed by atoms with Crippen molar-refractivity contribution in [3.05, 3.63) is 29.6 Å². The molecule has 1 N–H and O–H groups in total. The van der Waals surface area contributed by atoms with Gasteiger partial charge in [0, 0.05) is 37.8 Å². The lowest BCUT2D eigenvalue weighted by molar-refractivity contribution is -0.146. The molecule has 27 heavy (non-hydrogen) atoms. The molecule has 0 saturated carbocycles. The lowest BCUT2D eigenvalue weighted by Gasteiger charge is -2.39. The number of carbonyl (C=O) groups is 2. The van der Waals surface area contributed by atoms with Crippen LogP contribution in [0.4, 0.5) is 9.18 Å². The van der Waals surface area contributed by atoms with Crippen LogP contribution in [0.1, 0.15) is 38.7 Å². The van der Waals surface area contributed by atoms with Crippen LogP contribution in [0.3, 0.4) is 0 Å². The molecule has 2 fully saturated rings. The van der Waals surface area contributed by atoms with Crippen LogP contribution in [0, 0.1) is 11.2 Å². The lowest BCUT2D eigenvalue weighted by Crippen LogP contribution is -2.51. The smallest absolute Gasteiger partial charge is 0.317 e. The first-order chi connectivity index (χ1) is 12.8. The zero-order valence-corrected chi connectivity index (χ0v) is 16.3. The highest BCUT2D eigenvalue weighted by atomic mass is 19.1. The molecule has 1 aromatic rings. The Kier molecular flexibility index (Phi) is 5.58. The molecule has 1 atom stereocenters. The topological polar surface area (TPSA) is 61.9 Å². The van der Waals surface area contributed by atoms with Gasteiger partial charge in [0.2, 0.25) is 5.91 Å². The quantitative estimate of drug-likeness (QED) is 0.878. The fourth-order valence-corrected chi connectivity index (χ4v) is 4.07. The van der Waals surface area contributed by atoms with Crippen LogP contribution in [-0.2, 0) is 11.3 Å². The van der Waals surface area contributed by atoms with Crippen LogP contribution in [0.15, 0.2) is 18.2 Å². The minimum absolute atomic E-state index is 0.0239. The summed E-state index contributed by atoms with van der Waals surface area (Å²) in [6, 6.07) is 4.52. The Labute approximate surface area is 159 Å². The fourth-order valence-electron chi connectivity index (χ4n) is 4.07. The van der Waals surface area contributed by atoms with Gasteiger partial charge in [-0.15, -0.1) is 0 Å². The van der Waals surface area contributed by atoms with Gasteiger partial charge < -0.3 is 19.9 Å². The predicted molar refractivity (Wildman–Crippen MR) is 99.9 cm³/mol. The van der Waals surface area contributed by atoms with Crippen LogP contribution in [-0.4, -0.2) is 54.5 Å². The van der Waals surface area contributed by atoms with E-state index in [0.29, 0.717) is 37.4 Å². The summed E-state index contributed by atoms with van der Waals surface area (Å²) in [5.41, 5.74) is -0.0887. The number of ether oxygens (including phenoxy) is 1. The van der Waals surface area contributed by atoms with Crippen molar-refractivity contribution in [3.8, 4) is 5.75 Å². The van der Waals surface area contributed by atoms with E-state index in [1.54, 1.807) is 21.9 Å². The number of rotatable bonds is 4. The van der Waals surface area contributed by atoms with E-state index in [2.05, 4.69) is 5.32 Å². The van der Waals surface area contributed by atoms with Crippen LogP contribution < -0.4 is 10.1 Å². The first-order valence-electron chi connectivity index (χ1n) is 9.52. The Morgan fingerprint density at radius 1 is 1.33 bits per heavy atom. The van der Waals surface area contributed by atoms with Gasteiger partial charge in [0.05, 0.1) is 12.5 Å². The van der Waals surface area contributed by atoms with E-state index in [1.165, 1.54) is 13.2 Å². The summed E-state index contributed by atoms with van der Waals surface area (Å²) in [6.45, 7) is 5.67. The highest BCUT2D eigenvalue weighted by Gasteiger charge is 2.49. The second kappa shape index (κ2) is 7.74. The number of likely N-dealkylation sites (tertiary alicyclic amines) is 2. The molecule has 6 nitrogen and oxygen atoms in total. The first kappa shape index (κ1) is 19.5. The first-order valence-corrected chi connectivity index (χ1v) is 9.52. The number of carbonyl (C=O) groups excluding carboxylic acids is 2. The number of methoxy groups -OCH3 is 1. The summed E-state index contributed by atoms with van der Waals surface area (Å²) in [5, 5.41) is 2.89. The molecule has 3 amide bonds. The Morgan fingerprint density at radius 3 is 2.81 bits per heavy atom. The summed E-state index contributed by atoms with van der Waals surface area (Å²) in [4.78, 5) is 29.0. The number of benzene rings is 1. The molecule has 0 radical (unpaired) electrons. The van der Waals surface area contributed by atoms with E-state index in [0.717, 1.165) is 12.8 Å². The normalized spacial score (nSPS) is 22.6. The summed E-state index contributed by atoms with van der Waals surface area (Å²) in [5.74, 6) is 0.256. The minimum atomic E-state index is -0.540. The SMILES string of the molecule is COc1ccc(F)c(CN2CCC[C@]3(CCN(C(=O)NC(C)C)C3)C2=O)c1. The van der Waals surface area contributed by atoms with Crippen LogP contribution >= 0.6 is 0 Å². The van der Waals surface area contributed by atoms with Crippen LogP contribution in [0.2, 0.25) is 0 Å². The molecule has 2 aliphatic heterocycles. The van der Waals surface area contributed by atoms with E-state index < -0.39 is 5.41 Å². The Balaban J connectivity index is 1.72. The van der Waals surface area contributed by atoms with Gasteiger partial charge in [0.25, 0.3) is 0 Å². The molecule has 0 bridgehead atoms. The van der Waals surface area contributed by atoms with Gasteiger partial charge in [-0.3, -0.25) is 4.79 Å². The number of hydrogen-bond donors (Lipinski definition) is 1. The van der Waals surface area contributed by atoms with Gasteiger partial charge in [0.15, 0.2) is 0 Å². The van der Waals surface area contributed by atoms with Crippen molar-refractivity contribution in [2.24, 2.45) is 5.41 Å². The molecule has 0 aliphatic carbocycles. The third kappa shape index (κ3) is 4.01. The van der Waals surface area contributed by atoms with Gasteiger partial charge in [0.1, 0.15) is 11.6 Å². The molecular formula is C20H28FN3O3. The maximum Gasteiger partial charge on any atom is 0.317 e. The minimum Gasteiger partial charge on any atom is -0.497 e. The molecule has 7 heteroatoms. The van der Waals surface area contributed by atoms with Crippen molar-refractivity contribution in [2.45, 2.75) is 45.7 Å².